The van der Waals surface area contributed by atoms with E-state index in [0.29, 0.717) is 35.3 Å². The number of phenols is 1. The van der Waals surface area contributed by atoms with Crippen molar-refractivity contribution >= 4 is 11.5 Å². The molecule has 1 aromatic carbocycles. The van der Waals surface area contributed by atoms with Crippen molar-refractivity contribution in [3.8, 4) is 17.0 Å². The normalized spacial score (nSPS) is 27.5. The van der Waals surface area contributed by atoms with Crippen LogP contribution in [0.1, 0.15) is 12.8 Å². The summed E-state index contributed by atoms with van der Waals surface area (Å²) < 4.78 is 6.02. The number of aromatic hydroxyl groups is 1. The van der Waals surface area contributed by atoms with Crippen molar-refractivity contribution < 1.29 is 9.84 Å². The van der Waals surface area contributed by atoms with Crippen LogP contribution < -0.4 is 10.6 Å². The highest BCUT2D eigenvalue weighted by atomic mass is 16.5. The minimum Gasteiger partial charge on any atom is -0.507 e. The number of piperazine rings is 1. The maximum atomic E-state index is 10.2. The number of anilines is 2. The van der Waals surface area contributed by atoms with Gasteiger partial charge in [-0.1, -0.05) is 12.1 Å². The van der Waals surface area contributed by atoms with Crippen molar-refractivity contribution in [3.63, 3.8) is 0 Å². The number of nitrogens with two attached hydrogens (primary N) is 1. The number of nitrogen functional groups attached to an aromatic ring is 1. The summed E-state index contributed by atoms with van der Waals surface area (Å²) in [4.78, 5) is 7.35. The highest BCUT2D eigenvalue weighted by molar-refractivity contribution is 5.74. The van der Waals surface area contributed by atoms with E-state index in [0.717, 1.165) is 45.0 Å². The molecule has 8 heteroatoms. The van der Waals surface area contributed by atoms with Gasteiger partial charge in [-0.3, -0.25) is 4.90 Å². The van der Waals surface area contributed by atoms with Gasteiger partial charge in [0.25, 0.3) is 0 Å². The molecule has 1 aromatic heterocycles. The van der Waals surface area contributed by atoms with Gasteiger partial charge in [0.1, 0.15) is 5.75 Å². The van der Waals surface area contributed by atoms with Gasteiger partial charge in [0.2, 0.25) is 0 Å². The Hall–Kier alpha value is -2.42. The SMILES string of the molecule is CN1CCO[C@@H](CN2C3CCC2CN(c2cc(-c4ccccc4O)nnc2N)C3)C1. The first-order valence-corrected chi connectivity index (χ1v) is 10.8. The fourth-order valence-electron chi connectivity index (χ4n) is 5.16. The molecule has 8 nitrogen and oxygen atoms in total. The minimum absolute atomic E-state index is 0.199. The van der Waals surface area contributed by atoms with Gasteiger partial charge in [0.05, 0.1) is 24.1 Å². The van der Waals surface area contributed by atoms with Crippen molar-refractivity contribution in [3.05, 3.63) is 30.3 Å². The Morgan fingerprint density at radius 1 is 1.13 bits per heavy atom. The lowest BCUT2D eigenvalue weighted by atomic mass is 10.1. The molecule has 3 atom stereocenters. The third-order valence-corrected chi connectivity index (χ3v) is 6.71. The average molecular weight is 411 g/mol. The van der Waals surface area contributed by atoms with Gasteiger partial charge in [-0.15, -0.1) is 10.2 Å². The molecular formula is C22H30N6O2. The predicted octanol–water partition coefficient (Wildman–Crippen LogP) is 1.41. The van der Waals surface area contributed by atoms with Gasteiger partial charge < -0.3 is 25.4 Å². The quantitative estimate of drug-likeness (QED) is 0.782. The van der Waals surface area contributed by atoms with Crippen molar-refractivity contribution in [1.29, 1.82) is 0 Å². The second kappa shape index (κ2) is 8.02. The second-order valence-corrected chi connectivity index (χ2v) is 8.76. The van der Waals surface area contributed by atoms with E-state index < -0.39 is 0 Å². The highest BCUT2D eigenvalue weighted by Crippen LogP contribution is 2.36. The predicted molar refractivity (Wildman–Crippen MR) is 117 cm³/mol. The number of nitrogens with zero attached hydrogens (tertiary/aromatic N) is 5. The summed E-state index contributed by atoms with van der Waals surface area (Å²) in [6, 6.07) is 10.2. The number of phenolic OH excluding ortho intramolecular Hbond substituents is 1. The zero-order chi connectivity index (χ0) is 20.7. The van der Waals surface area contributed by atoms with Crippen molar-refractivity contribution in [2.75, 3.05) is 57.0 Å². The highest BCUT2D eigenvalue weighted by Gasteiger charge is 2.41. The molecule has 0 amide bonds. The first-order chi connectivity index (χ1) is 14.6. The Kier molecular flexibility index (Phi) is 5.22. The Morgan fingerprint density at radius 2 is 1.90 bits per heavy atom. The van der Waals surface area contributed by atoms with Crippen LogP contribution in [0.25, 0.3) is 11.3 Å². The molecule has 0 radical (unpaired) electrons. The molecule has 3 aliphatic heterocycles. The molecule has 30 heavy (non-hydrogen) atoms. The van der Waals surface area contributed by atoms with E-state index in [1.165, 1.54) is 12.8 Å². The maximum absolute atomic E-state index is 10.2. The van der Waals surface area contributed by atoms with Gasteiger partial charge in [0, 0.05) is 50.4 Å². The van der Waals surface area contributed by atoms with Gasteiger partial charge in [-0.2, -0.15) is 0 Å². The van der Waals surface area contributed by atoms with E-state index in [9.17, 15) is 5.11 Å². The molecule has 0 saturated carbocycles. The Balaban J connectivity index is 1.34. The number of hydrogen-bond acceptors (Lipinski definition) is 8. The van der Waals surface area contributed by atoms with E-state index in [4.69, 9.17) is 10.5 Å². The van der Waals surface area contributed by atoms with Crippen LogP contribution in [0.3, 0.4) is 0 Å². The third kappa shape index (κ3) is 3.71. The molecular weight excluding hydrogens is 380 g/mol. The van der Waals surface area contributed by atoms with Crippen molar-refractivity contribution in [2.24, 2.45) is 0 Å². The lowest BCUT2D eigenvalue weighted by Crippen LogP contribution is -2.57. The Morgan fingerprint density at radius 3 is 2.63 bits per heavy atom. The molecule has 3 N–H and O–H groups in total. The molecule has 0 aliphatic carbocycles. The number of ether oxygens (including phenoxy) is 1. The molecule has 4 heterocycles. The van der Waals surface area contributed by atoms with E-state index in [1.807, 2.05) is 18.2 Å². The lowest BCUT2D eigenvalue weighted by Gasteiger charge is -2.44. The summed E-state index contributed by atoms with van der Waals surface area (Å²) in [6.45, 7) is 5.70. The van der Waals surface area contributed by atoms with E-state index in [-0.39, 0.29) is 5.75 Å². The molecule has 3 fully saturated rings. The summed E-state index contributed by atoms with van der Waals surface area (Å²) in [5, 5.41) is 18.6. The Labute approximate surface area is 177 Å². The molecule has 3 aliphatic rings. The number of hydrogen-bond donors (Lipinski definition) is 2. The number of rotatable bonds is 4. The van der Waals surface area contributed by atoms with Gasteiger partial charge in [-0.25, -0.2) is 0 Å². The second-order valence-electron chi connectivity index (χ2n) is 8.76. The first kappa shape index (κ1) is 19.5. The zero-order valence-corrected chi connectivity index (χ0v) is 17.4. The zero-order valence-electron chi connectivity index (χ0n) is 17.4. The molecule has 2 unspecified atom stereocenters. The number of para-hydroxylation sites is 1. The molecule has 0 spiro atoms. The van der Waals surface area contributed by atoms with E-state index >= 15 is 0 Å². The monoisotopic (exact) mass is 410 g/mol. The molecule has 2 aromatic rings. The summed E-state index contributed by atoms with van der Waals surface area (Å²) in [5.41, 5.74) is 8.46. The van der Waals surface area contributed by atoms with Crippen LogP contribution in [0.5, 0.6) is 5.75 Å². The number of fused-ring (bicyclic) bond motifs is 2. The maximum Gasteiger partial charge on any atom is 0.169 e. The third-order valence-electron chi connectivity index (χ3n) is 6.71. The minimum atomic E-state index is 0.199. The van der Waals surface area contributed by atoms with Crippen LogP contribution in [0, 0.1) is 0 Å². The number of aromatic nitrogens is 2. The van der Waals surface area contributed by atoms with Crippen molar-refractivity contribution in [1.82, 2.24) is 20.0 Å². The van der Waals surface area contributed by atoms with E-state index in [1.54, 1.807) is 12.1 Å². The largest absolute Gasteiger partial charge is 0.507 e. The van der Waals surface area contributed by atoms with Gasteiger partial charge in [0.15, 0.2) is 5.82 Å². The number of likely N-dealkylation sites (N-methyl/N-ethyl adjacent to an activating group) is 1. The summed E-state index contributed by atoms with van der Waals surface area (Å²) in [6.07, 6.45) is 2.70. The molecule has 3 saturated heterocycles. The Bertz CT molecular complexity index is 895. The van der Waals surface area contributed by atoms with Crippen LogP contribution in [-0.2, 0) is 4.74 Å². The summed E-state index contributed by atoms with van der Waals surface area (Å²) in [5.74, 6) is 0.643. The lowest BCUT2D eigenvalue weighted by molar-refractivity contribution is -0.0440. The van der Waals surface area contributed by atoms with Crippen LogP contribution in [0.15, 0.2) is 30.3 Å². The summed E-state index contributed by atoms with van der Waals surface area (Å²) >= 11 is 0. The van der Waals surface area contributed by atoms with Gasteiger partial charge >= 0.3 is 0 Å². The van der Waals surface area contributed by atoms with Crippen LogP contribution in [0.2, 0.25) is 0 Å². The average Bonchev–Trinajstić information content (AvgIpc) is 2.96. The first-order valence-electron chi connectivity index (χ1n) is 10.8. The van der Waals surface area contributed by atoms with E-state index in [2.05, 4.69) is 31.9 Å². The smallest absolute Gasteiger partial charge is 0.169 e. The number of morpholine rings is 1. The topological polar surface area (TPSA) is 91.0 Å². The van der Waals surface area contributed by atoms with Crippen molar-refractivity contribution in [2.45, 2.75) is 31.0 Å². The standard InChI is InChI=1S/C22H30N6O2/c1-26-8-9-30-17(13-26)14-28-15-6-7-16(28)12-27(11-15)20-10-19(24-25-22(20)23)18-4-2-3-5-21(18)29/h2-5,10,15-17,29H,6-9,11-14H2,1H3,(H2,23,25)/t15?,16?,17-/m1/s1. The van der Waals surface area contributed by atoms with Crippen LogP contribution in [0.4, 0.5) is 11.5 Å². The fraction of sp³-hybridized carbons (Fsp3) is 0.545. The fourth-order valence-corrected chi connectivity index (χ4v) is 5.16. The number of benzene rings is 1. The van der Waals surface area contributed by atoms with Crippen LogP contribution >= 0.6 is 0 Å². The molecule has 2 bridgehead atoms. The molecule has 160 valence electrons. The van der Waals surface area contributed by atoms with Crippen LogP contribution in [-0.4, -0.2) is 89.7 Å². The summed E-state index contributed by atoms with van der Waals surface area (Å²) in [7, 11) is 2.17. The molecule has 5 rings (SSSR count). The van der Waals surface area contributed by atoms with Gasteiger partial charge in [-0.05, 0) is 38.1 Å².